The Hall–Kier alpha value is 0.240. The molecule has 4 heteroatoms. The van der Waals surface area contributed by atoms with Gasteiger partial charge >= 0.3 is 0 Å². The molecular weight excluding hydrogens is 181 g/mol. The molecule has 0 bridgehead atoms. The van der Waals surface area contributed by atoms with Gasteiger partial charge < -0.3 is 0 Å². The van der Waals surface area contributed by atoms with E-state index in [1.54, 1.807) is 0 Å². The highest BCUT2D eigenvalue weighted by Gasteiger charge is 1.92. The average Bonchev–Trinajstić information content (AvgIpc) is 1.68. The van der Waals surface area contributed by atoms with Gasteiger partial charge in [0, 0.05) is 28.4 Å². The van der Waals surface area contributed by atoms with E-state index >= 15 is 0 Å². The maximum Gasteiger partial charge on any atom is 0.231 e. The van der Waals surface area contributed by atoms with Gasteiger partial charge in [-0.1, -0.05) is 0 Å². The standard InChI is InChI=1S/C3H5BrClNO/c4-6-3(7)1-2-5/h1-2H2,(H,6,7). The second kappa shape index (κ2) is 4.40. The molecule has 1 N–H and O–H groups in total. The SMILES string of the molecule is O=C(CCCl)NBr. The fraction of sp³-hybridized carbons (Fsp3) is 0.667. The second-order valence-electron chi connectivity index (χ2n) is 0.957. The molecule has 0 aromatic rings. The van der Waals surface area contributed by atoms with Crippen LogP contribution in [0.2, 0.25) is 0 Å². The molecule has 0 heterocycles. The van der Waals surface area contributed by atoms with Gasteiger partial charge in [0.05, 0.1) is 0 Å². The number of hydrogen-bond acceptors (Lipinski definition) is 1. The van der Waals surface area contributed by atoms with E-state index in [1.807, 2.05) is 0 Å². The Morgan fingerprint density at radius 3 is 2.57 bits per heavy atom. The Kier molecular flexibility index (Phi) is 4.55. The van der Waals surface area contributed by atoms with Crippen molar-refractivity contribution in [3.63, 3.8) is 0 Å². The first kappa shape index (κ1) is 7.24. The van der Waals surface area contributed by atoms with Crippen molar-refractivity contribution in [2.24, 2.45) is 0 Å². The number of carbonyl (C=O) groups excluding carboxylic acids is 1. The molecule has 0 atom stereocenters. The summed E-state index contributed by atoms with van der Waals surface area (Å²) in [7, 11) is 0. The van der Waals surface area contributed by atoms with Crippen molar-refractivity contribution >= 4 is 33.7 Å². The van der Waals surface area contributed by atoms with Gasteiger partial charge in [-0.05, 0) is 0 Å². The summed E-state index contributed by atoms with van der Waals surface area (Å²) in [4.78, 5) is 10.2. The predicted octanol–water partition coefficient (Wildman–Crippen LogP) is 1.04. The quantitative estimate of drug-likeness (QED) is 0.507. The van der Waals surface area contributed by atoms with Gasteiger partial charge in [0.1, 0.15) is 0 Å². The highest BCUT2D eigenvalue weighted by molar-refractivity contribution is 9.08. The summed E-state index contributed by atoms with van der Waals surface area (Å²) in [6.07, 6.45) is 0.368. The van der Waals surface area contributed by atoms with E-state index in [2.05, 4.69) is 20.5 Å². The van der Waals surface area contributed by atoms with Crippen molar-refractivity contribution in [3.8, 4) is 0 Å². The molecule has 42 valence electrons. The minimum Gasteiger partial charge on any atom is -0.293 e. The minimum absolute atomic E-state index is 0.0880. The Labute approximate surface area is 55.6 Å². The van der Waals surface area contributed by atoms with Crippen LogP contribution in [-0.2, 0) is 4.79 Å². The molecule has 0 saturated heterocycles. The van der Waals surface area contributed by atoms with Crippen LogP contribution in [0.15, 0.2) is 0 Å². The molecule has 1 amide bonds. The normalized spacial score (nSPS) is 8.29. The molecule has 0 unspecified atom stereocenters. The zero-order valence-electron chi connectivity index (χ0n) is 3.58. The monoisotopic (exact) mass is 185 g/mol. The molecule has 0 aliphatic rings. The predicted molar refractivity (Wildman–Crippen MR) is 32.4 cm³/mol. The molecule has 0 aliphatic carbocycles. The first-order valence-corrected chi connectivity index (χ1v) is 3.09. The first-order valence-electron chi connectivity index (χ1n) is 1.76. The van der Waals surface area contributed by atoms with Gasteiger partial charge in [-0.2, -0.15) is 0 Å². The van der Waals surface area contributed by atoms with Crippen LogP contribution in [0.5, 0.6) is 0 Å². The lowest BCUT2D eigenvalue weighted by atomic mass is 10.5. The second-order valence-corrected chi connectivity index (χ2v) is 1.73. The lowest BCUT2D eigenvalue weighted by Crippen LogP contribution is -2.10. The highest BCUT2D eigenvalue weighted by Crippen LogP contribution is 1.84. The van der Waals surface area contributed by atoms with Crippen LogP contribution >= 0.6 is 27.7 Å². The Balaban J connectivity index is 3.00. The summed E-state index contributed by atoms with van der Waals surface area (Å²) in [5.74, 6) is 0.284. The topological polar surface area (TPSA) is 29.1 Å². The van der Waals surface area contributed by atoms with E-state index < -0.39 is 0 Å². The lowest BCUT2D eigenvalue weighted by Gasteiger charge is -1.88. The highest BCUT2D eigenvalue weighted by atomic mass is 79.9. The van der Waals surface area contributed by atoms with E-state index in [0.29, 0.717) is 12.3 Å². The third-order valence-corrected chi connectivity index (χ3v) is 1.06. The smallest absolute Gasteiger partial charge is 0.231 e. The maximum absolute atomic E-state index is 10.2. The Bertz CT molecular complexity index is 68.0. The number of rotatable bonds is 2. The summed E-state index contributed by atoms with van der Waals surface area (Å²) in [5, 5.41) is 0. The van der Waals surface area contributed by atoms with Crippen LogP contribution in [0.4, 0.5) is 0 Å². The molecule has 2 nitrogen and oxygen atoms in total. The zero-order valence-corrected chi connectivity index (χ0v) is 5.92. The van der Waals surface area contributed by atoms with E-state index in [-0.39, 0.29) is 5.91 Å². The summed E-state index contributed by atoms with van der Waals surface area (Å²) in [5.41, 5.74) is 0. The molecule has 0 radical (unpaired) electrons. The number of hydrogen-bond donors (Lipinski definition) is 1. The van der Waals surface area contributed by atoms with Gasteiger partial charge in [-0.15, -0.1) is 11.6 Å². The van der Waals surface area contributed by atoms with Gasteiger partial charge in [-0.3, -0.25) is 9.14 Å². The van der Waals surface area contributed by atoms with Crippen molar-refractivity contribution in [2.75, 3.05) is 5.88 Å². The summed E-state index contributed by atoms with van der Waals surface area (Å²) in [6, 6.07) is 0. The largest absolute Gasteiger partial charge is 0.293 e. The average molecular weight is 186 g/mol. The molecule has 0 rings (SSSR count). The minimum atomic E-state index is -0.0880. The third-order valence-electron chi connectivity index (χ3n) is 0.427. The molecule has 0 aromatic heterocycles. The summed E-state index contributed by atoms with van der Waals surface area (Å²) in [6.45, 7) is 0. The fourth-order valence-electron chi connectivity index (χ4n) is 0.133. The molecule has 0 spiro atoms. The molecule has 0 fully saturated rings. The van der Waals surface area contributed by atoms with Gasteiger partial charge in [0.15, 0.2) is 0 Å². The third kappa shape index (κ3) is 4.09. The van der Waals surface area contributed by atoms with E-state index in [4.69, 9.17) is 11.6 Å². The van der Waals surface area contributed by atoms with Gasteiger partial charge in [0.2, 0.25) is 5.91 Å². The first-order chi connectivity index (χ1) is 3.31. The number of halogens is 2. The number of alkyl halides is 1. The Morgan fingerprint density at radius 1 is 1.86 bits per heavy atom. The molecule has 0 saturated carbocycles. The van der Waals surface area contributed by atoms with Crippen molar-refractivity contribution in [1.82, 2.24) is 4.34 Å². The van der Waals surface area contributed by atoms with Crippen molar-refractivity contribution in [3.05, 3.63) is 0 Å². The van der Waals surface area contributed by atoms with Crippen LogP contribution < -0.4 is 4.34 Å². The Morgan fingerprint density at radius 2 is 2.43 bits per heavy atom. The van der Waals surface area contributed by atoms with E-state index in [1.165, 1.54) is 0 Å². The van der Waals surface area contributed by atoms with Crippen LogP contribution in [0, 0.1) is 0 Å². The van der Waals surface area contributed by atoms with Crippen LogP contribution in [0.3, 0.4) is 0 Å². The molecule has 7 heavy (non-hydrogen) atoms. The lowest BCUT2D eigenvalue weighted by molar-refractivity contribution is -0.118. The van der Waals surface area contributed by atoms with Crippen LogP contribution in [-0.4, -0.2) is 11.8 Å². The number of carbonyl (C=O) groups is 1. The summed E-state index contributed by atoms with van der Waals surface area (Å²) < 4.78 is 2.26. The number of nitrogens with one attached hydrogen (secondary N) is 1. The van der Waals surface area contributed by atoms with Gasteiger partial charge in [-0.25, -0.2) is 0 Å². The van der Waals surface area contributed by atoms with Crippen molar-refractivity contribution in [2.45, 2.75) is 6.42 Å². The van der Waals surface area contributed by atoms with E-state index in [0.717, 1.165) is 0 Å². The van der Waals surface area contributed by atoms with Crippen LogP contribution in [0.1, 0.15) is 6.42 Å². The maximum atomic E-state index is 10.2. The molecule has 0 aromatic carbocycles. The van der Waals surface area contributed by atoms with E-state index in [9.17, 15) is 4.79 Å². The van der Waals surface area contributed by atoms with Crippen molar-refractivity contribution in [1.29, 1.82) is 0 Å². The summed E-state index contributed by atoms with van der Waals surface area (Å²) >= 11 is 7.95. The zero-order chi connectivity index (χ0) is 5.70. The molecular formula is C3H5BrClNO. The molecule has 0 aliphatic heterocycles. The van der Waals surface area contributed by atoms with Crippen LogP contribution in [0.25, 0.3) is 0 Å². The fourth-order valence-corrected chi connectivity index (χ4v) is 0.503. The van der Waals surface area contributed by atoms with Gasteiger partial charge in [0.25, 0.3) is 0 Å². The van der Waals surface area contributed by atoms with Crippen molar-refractivity contribution < 1.29 is 4.79 Å². The number of amides is 1.